The van der Waals surface area contributed by atoms with Gasteiger partial charge in [0.15, 0.2) is 6.10 Å². The second-order valence-corrected chi connectivity index (χ2v) is 16.2. The SMILES string of the molecule is CC(=O)O[C@@H]1[C@@H]2O[Si](C(C)(C)C)(C(C)(C)C)OC[C@H]2S[C@H]1n1cc(C)c(=O)[nH]c1=O. The van der Waals surface area contributed by atoms with Crippen LogP contribution in [0.4, 0.5) is 0 Å². The second-order valence-electron chi connectivity index (χ2n) is 10.1. The molecule has 10 heteroatoms. The molecule has 0 spiro atoms. The van der Waals surface area contributed by atoms with Crippen molar-refractivity contribution in [2.75, 3.05) is 6.61 Å². The van der Waals surface area contributed by atoms with Gasteiger partial charge in [-0.1, -0.05) is 41.5 Å². The van der Waals surface area contributed by atoms with E-state index in [9.17, 15) is 14.4 Å². The summed E-state index contributed by atoms with van der Waals surface area (Å²) in [6.45, 7) is 16.2. The van der Waals surface area contributed by atoms with E-state index >= 15 is 0 Å². The molecule has 1 N–H and O–H groups in total. The molecule has 2 aliphatic heterocycles. The van der Waals surface area contributed by atoms with Crippen molar-refractivity contribution in [3.8, 4) is 0 Å². The van der Waals surface area contributed by atoms with E-state index in [4.69, 9.17) is 13.6 Å². The van der Waals surface area contributed by atoms with Gasteiger partial charge in [0.25, 0.3) is 5.56 Å². The summed E-state index contributed by atoms with van der Waals surface area (Å²) in [4.78, 5) is 38.7. The van der Waals surface area contributed by atoms with Crippen LogP contribution in [0.25, 0.3) is 0 Å². The molecule has 0 unspecified atom stereocenters. The predicted octanol–water partition coefficient (Wildman–Crippen LogP) is 2.85. The highest BCUT2D eigenvalue weighted by Crippen LogP contribution is 2.58. The fourth-order valence-electron chi connectivity index (χ4n) is 4.64. The van der Waals surface area contributed by atoms with Crippen LogP contribution in [-0.4, -0.2) is 48.1 Å². The molecule has 0 radical (unpaired) electrons. The van der Waals surface area contributed by atoms with Crippen molar-refractivity contribution in [1.82, 2.24) is 9.55 Å². The van der Waals surface area contributed by atoms with E-state index in [2.05, 4.69) is 46.5 Å². The van der Waals surface area contributed by atoms with Crippen molar-refractivity contribution in [1.29, 1.82) is 0 Å². The monoisotopic (exact) mass is 456 g/mol. The number of carbonyl (C=O) groups is 1. The molecule has 2 saturated heterocycles. The van der Waals surface area contributed by atoms with E-state index in [1.165, 1.54) is 29.4 Å². The Morgan fingerprint density at radius 3 is 2.37 bits per heavy atom. The molecule has 0 bridgehead atoms. The molecule has 2 aliphatic rings. The van der Waals surface area contributed by atoms with Gasteiger partial charge in [0.1, 0.15) is 11.5 Å². The predicted molar refractivity (Wildman–Crippen MR) is 118 cm³/mol. The molecule has 1 aromatic heterocycles. The number of thioether (sulfide) groups is 1. The quantitative estimate of drug-likeness (QED) is 0.539. The maximum atomic E-state index is 12.6. The molecule has 0 amide bonds. The fraction of sp³-hybridized carbons (Fsp3) is 0.750. The van der Waals surface area contributed by atoms with E-state index < -0.39 is 43.4 Å². The normalized spacial score (nSPS) is 28.8. The summed E-state index contributed by atoms with van der Waals surface area (Å²) in [5.41, 5.74) is -0.543. The zero-order valence-corrected chi connectivity index (χ0v) is 20.7. The van der Waals surface area contributed by atoms with E-state index in [0.29, 0.717) is 12.2 Å². The van der Waals surface area contributed by atoms with E-state index in [1.807, 2.05) is 0 Å². The first kappa shape index (κ1) is 23.3. The minimum absolute atomic E-state index is 0.0937. The summed E-state index contributed by atoms with van der Waals surface area (Å²) >= 11 is 1.48. The Morgan fingerprint density at radius 2 is 1.83 bits per heavy atom. The Kier molecular flexibility index (Phi) is 5.94. The van der Waals surface area contributed by atoms with Crippen LogP contribution >= 0.6 is 11.8 Å². The molecular formula is C20H32N2O6SSi. The molecule has 0 aromatic carbocycles. The number of nitrogens with one attached hydrogen (secondary N) is 1. The summed E-state index contributed by atoms with van der Waals surface area (Å²) in [5.74, 6) is -0.436. The largest absolute Gasteiger partial charge is 0.457 e. The molecule has 1 aromatic rings. The molecular weight excluding hydrogens is 424 g/mol. The minimum Gasteiger partial charge on any atom is -0.457 e. The highest BCUT2D eigenvalue weighted by molar-refractivity contribution is 8.00. The smallest absolute Gasteiger partial charge is 0.349 e. The van der Waals surface area contributed by atoms with Crippen LogP contribution in [0, 0.1) is 6.92 Å². The molecule has 4 atom stereocenters. The second kappa shape index (κ2) is 7.65. The summed E-state index contributed by atoms with van der Waals surface area (Å²) in [6.07, 6.45) is 0.453. The van der Waals surface area contributed by atoms with Gasteiger partial charge in [-0.25, -0.2) is 4.79 Å². The van der Waals surface area contributed by atoms with Crippen molar-refractivity contribution in [3.05, 3.63) is 32.6 Å². The van der Waals surface area contributed by atoms with Crippen LogP contribution in [0.15, 0.2) is 15.8 Å². The van der Waals surface area contributed by atoms with Crippen LogP contribution in [0.3, 0.4) is 0 Å². The van der Waals surface area contributed by atoms with Crippen molar-refractivity contribution in [2.45, 2.75) is 88.3 Å². The van der Waals surface area contributed by atoms with Crippen molar-refractivity contribution in [2.24, 2.45) is 0 Å². The summed E-state index contributed by atoms with van der Waals surface area (Å²) in [7, 11) is -2.78. The van der Waals surface area contributed by atoms with Gasteiger partial charge in [0, 0.05) is 28.8 Å². The van der Waals surface area contributed by atoms with Gasteiger partial charge < -0.3 is 13.6 Å². The Labute approximate surface area is 181 Å². The molecule has 0 aliphatic carbocycles. The maximum Gasteiger partial charge on any atom is 0.349 e. The van der Waals surface area contributed by atoms with E-state index in [1.54, 1.807) is 6.92 Å². The number of aryl methyl sites for hydroxylation is 1. The Bertz CT molecular complexity index is 930. The number of rotatable bonds is 2. The molecule has 168 valence electrons. The third kappa shape index (κ3) is 3.83. The fourth-order valence-corrected chi connectivity index (χ4v) is 11.4. The zero-order valence-electron chi connectivity index (χ0n) is 18.9. The van der Waals surface area contributed by atoms with Crippen LogP contribution < -0.4 is 11.2 Å². The lowest BCUT2D eigenvalue weighted by Crippen LogP contribution is -2.65. The average Bonchev–Trinajstić information content (AvgIpc) is 2.93. The maximum absolute atomic E-state index is 12.6. The summed E-state index contributed by atoms with van der Waals surface area (Å²) in [6, 6.07) is 0. The average molecular weight is 457 g/mol. The third-order valence-electron chi connectivity index (χ3n) is 5.74. The first-order valence-electron chi connectivity index (χ1n) is 10.1. The van der Waals surface area contributed by atoms with Crippen LogP contribution in [0.5, 0.6) is 0 Å². The van der Waals surface area contributed by atoms with Crippen molar-refractivity contribution >= 4 is 26.3 Å². The first-order valence-corrected chi connectivity index (χ1v) is 12.9. The number of aromatic amines is 1. The molecule has 3 rings (SSSR count). The Morgan fingerprint density at radius 1 is 1.23 bits per heavy atom. The highest BCUT2D eigenvalue weighted by atomic mass is 32.2. The number of aromatic nitrogens is 2. The standard InChI is InChI=1S/C20H32N2O6SSi/c1-11-9-22(18(25)21-16(11)24)17-15(27-12(2)23)14-13(29-17)10-26-30(28-14,19(3,4)5)20(6,7)8/h9,13-15,17H,10H2,1-8H3,(H,21,24,25)/t13-,14-,15-,17-/m1/s1. The lowest BCUT2D eigenvalue weighted by atomic mass is 10.1. The molecule has 3 heterocycles. The summed E-state index contributed by atoms with van der Waals surface area (Å²) < 4.78 is 20.5. The molecule has 2 fully saturated rings. The van der Waals surface area contributed by atoms with Gasteiger partial charge in [-0.3, -0.25) is 19.1 Å². The Hall–Kier alpha value is -1.36. The minimum atomic E-state index is -2.78. The number of esters is 1. The topological polar surface area (TPSA) is 99.6 Å². The van der Waals surface area contributed by atoms with E-state index in [-0.39, 0.29) is 15.3 Å². The van der Waals surface area contributed by atoms with Crippen LogP contribution in [-0.2, 0) is 18.4 Å². The number of H-pyrrole nitrogens is 1. The number of hydrogen-bond acceptors (Lipinski definition) is 7. The summed E-state index contributed by atoms with van der Waals surface area (Å²) in [5, 5.41) is -1.04. The van der Waals surface area contributed by atoms with Crippen molar-refractivity contribution in [3.63, 3.8) is 0 Å². The number of fused-ring (bicyclic) bond motifs is 1. The molecule has 30 heavy (non-hydrogen) atoms. The van der Waals surface area contributed by atoms with Crippen molar-refractivity contribution < 1.29 is 18.4 Å². The number of hydrogen-bond donors (Lipinski definition) is 1. The van der Waals surface area contributed by atoms with Gasteiger partial charge in [0.2, 0.25) is 0 Å². The zero-order chi connectivity index (χ0) is 22.6. The van der Waals surface area contributed by atoms with Crippen LogP contribution in [0.1, 0.15) is 59.4 Å². The van der Waals surface area contributed by atoms with Crippen LogP contribution in [0.2, 0.25) is 10.1 Å². The van der Waals surface area contributed by atoms with Gasteiger partial charge in [-0.15, -0.1) is 11.8 Å². The number of carbonyl (C=O) groups excluding carboxylic acids is 1. The van der Waals surface area contributed by atoms with Gasteiger partial charge in [-0.2, -0.15) is 0 Å². The highest BCUT2D eigenvalue weighted by Gasteiger charge is 2.65. The van der Waals surface area contributed by atoms with Gasteiger partial charge >= 0.3 is 20.2 Å². The molecule has 8 nitrogen and oxygen atoms in total. The number of nitrogens with zero attached hydrogens (tertiary/aromatic N) is 1. The lowest BCUT2D eigenvalue weighted by molar-refractivity contribution is -0.154. The van der Waals surface area contributed by atoms with Gasteiger partial charge in [0.05, 0.1) is 11.9 Å². The Balaban J connectivity index is 2.07. The van der Waals surface area contributed by atoms with E-state index in [0.717, 1.165) is 0 Å². The lowest BCUT2D eigenvalue weighted by Gasteiger charge is -2.54. The first-order chi connectivity index (χ1) is 13.7. The molecule has 0 saturated carbocycles. The third-order valence-corrected chi connectivity index (χ3v) is 12.4. The number of ether oxygens (including phenoxy) is 1. The van der Waals surface area contributed by atoms with Gasteiger partial charge in [-0.05, 0) is 6.92 Å².